The number of rotatable bonds is 3. The van der Waals surface area contributed by atoms with Gasteiger partial charge in [0, 0.05) is 18.5 Å². The van der Waals surface area contributed by atoms with Gasteiger partial charge in [-0.3, -0.25) is 4.79 Å². The molecular weight excluding hydrogens is 278 g/mol. The van der Waals surface area contributed by atoms with E-state index >= 15 is 0 Å². The molecule has 114 valence electrons. The highest BCUT2D eigenvalue weighted by atomic mass is 16.4. The molecule has 0 unspecified atom stereocenters. The first-order chi connectivity index (χ1) is 10.7. The molecule has 22 heavy (non-hydrogen) atoms. The number of hydrogen-bond acceptors (Lipinski definition) is 3. The highest BCUT2D eigenvalue weighted by Crippen LogP contribution is 2.20. The van der Waals surface area contributed by atoms with E-state index in [1.165, 1.54) is 0 Å². The Morgan fingerprint density at radius 2 is 2.05 bits per heavy atom. The summed E-state index contributed by atoms with van der Waals surface area (Å²) in [4.78, 5) is 26.5. The predicted molar refractivity (Wildman–Crippen MR) is 86.1 cm³/mol. The molecule has 0 radical (unpaired) electrons. The Bertz CT molecular complexity index is 769. The van der Waals surface area contributed by atoms with Crippen LogP contribution in [0.4, 0.5) is 0 Å². The van der Waals surface area contributed by atoms with Gasteiger partial charge in [-0.05, 0) is 37.3 Å². The van der Waals surface area contributed by atoms with Gasteiger partial charge in [-0.2, -0.15) is 0 Å². The van der Waals surface area contributed by atoms with E-state index in [9.17, 15) is 9.59 Å². The molecule has 1 aliphatic heterocycles. The van der Waals surface area contributed by atoms with Gasteiger partial charge in [0.05, 0.1) is 0 Å². The number of allylic oxidation sites excluding steroid dienone is 1. The van der Waals surface area contributed by atoms with Crippen molar-refractivity contribution in [3.63, 3.8) is 0 Å². The number of benzene rings is 1. The van der Waals surface area contributed by atoms with E-state index in [2.05, 4.69) is 6.58 Å². The van der Waals surface area contributed by atoms with Crippen molar-refractivity contribution >= 4 is 16.9 Å². The van der Waals surface area contributed by atoms with Crippen LogP contribution in [0.15, 0.2) is 46.1 Å². The summed E-state index contributed by atoms with van der Waals surface area (Å²) >= 11 is 0. The van der Waals surface area contributed by atoms with Crippen LogP contribution in [0.5, 0.6) is 0 Å². The molecule has 4 nitrogen and oxygen atoms in total. The van der Waals surface area contributed by atoms with E-state index in [1.54, 1.807) is 17.0 Å². The number of likely N-dealkylation sites (tertiary alicyclic amines) is 1. The molecule has 4 heteroatoms. The standard InChI is InChI=1S/C18H19NO3/c1-2-7-13-8-6-9-14-12-15(18(21)22-16(13)14)17(20)19-10-4-3-5-11-19/h2,6,8-9,12H,1,3-5,7,10-11H2. The SMILES string of the molecule is C=CCc1cccc2cc(C(=O)N3CCCCC3)c(=O)oc12. The molecule has 0 N–H and O–H groups in total. The first-order valence-electron chi connectivity index (χ1n) is 7.66. The van der Waals surface area contributed by atoms with Crippen LogP contribution in [0.3, 0.4) is 0 Å². The van der Waals surface area contributed by atoms with E-state index in [4.69, 9.17) is 4.42 Å². The monoisotopic (exact) mass is 297 g/mol. The Balaban J connectivity index is 2.04. The zero-order chi connectivity index (χ0) is 15.5. The van der Waals surface area contributed by atoms with Gasteiger partial charge in [0.2, 0.25) is 0 Å². The summed E-state index contributed by atoms with van der Waals surface area (Å²) < 4.78 is 5.44. The first-order valence-corrected chi connectivity index (χ1v) is 7.66. The van der Waals surface area contributed by atoms with Gasteiger partial charge >= 0.3 is 5.63 Å². The largest absolute Gasteiger partial charge is 0.422 e. The highest BCUT2D eigenvalue weighted by molar-refractivity contribution is 5.97. The third-order valence-corrected chi connectivity index (χ3v) is 4.08. The number of carbonyl (C=O) groups is 1. The normalized spacial score (nSPS) is 15.0. The molecule has 0 atom stereocenters. The molecule has 0 spiro atoms. The molecule has 1 aliphatic rings. The lowest BCUT2D eigenvalue weighted by atomic mass is 10.1. The van der Waals surface area contributed by atoms with E-state index in [1.807, 2.05) is 18.2 Å². The average molecular weight is 297 g/mol. The fourth-order valence-electron chi connectivity index (χ4n) is 2.94. The van der Waals surface area contributed by atoms with E-state index in [0.717, 1.165) is 30.2 Å². The molecule has 3 rings (SSSR count). The van der Waals surface area contributed by atoms with Gasteiger partial charge in [-0.15, -0.1) is 6.58 Å². The van der Waals surface area contributed by atoms with E-state index in [0.29, 0.717) is 25.1 Å². The molecule has 0 bridgehead atoms. The van der Waals surface area contributed by atoms with Crippen LogP contribution in [0, 0.1) is 0 Å². The number of piperidine rings is 1. The van der Waals surface area contributed by atoms with Crippen molar-refractivity contribution in [2.45, 2.75) is 25.7 Å². The minimum absolute atomic E-state index is 0.130. The van der Waals surface area contributed by atoms with Crippen molar-refractivity contribution in [1.82, 2.24) is 4.90 Å². The number of fused-ring (bicyclic) bond motifs is 1. The summed E-state index contributed by atoms with van der Waals surface area (Å²) in [6, 6.07) is 7.32. The second kappa shape index (κ2) is 6.18. The fourth-order valence-corrected chi connectivity index (χ4v) is 2.94. The van der Waals surface area contributed by atoms with Gasteiger partial charge in [0.25, 0.3) is 5.91 Å². The maximum Gasteiger partial charge on any atom is 0.349 e. The number of nitrogens with zero attached hydrogens (tertiary/aromatic N) is 1. The second-order valence-electron chi connectivity index (χ2n) is 5.63. The van der Waals surface area contributed by atoms with Gasteiger partial charge in [-0.1, -0.05) is 24.3 Å². The van der Waals surface area contributed by atoms with Crippen molar-refractivity contribution in [3.8, 4) is 0 Å². The van der Waals surface area contributed by atoms with Crippen molar-refractivity contribution in [2.75, 3.05) is 13.1 Å². The maximum absolute atomic E-state index is 12.5. The Morgan fingerprint density at radius 3 is 2.77 bits per heavy atom. The van der Waals surface area contributed by atoms with Crippen LogP contribution in [0.25, 0.3) is 11.0 Å². The number of hydrogen-bond donors (Lipinski definition) is 0. The summed E-state index contributed by atoms with van der Waals surface area (Å²) in [7, 11) is 0. The van der Waals surface area contributed by atoms with Crippen molar-refractivity contribution in [3.05, 3.63) is 58.5 Å². The van der Waals surface area contributed by atoms with Gasteiger partial charge < -0.3 is 9.32 Å². The molecule has 1 amide bonds. The number of para-hydroxylation sites is 1. The fraction of sp³-hybridized carbons (Fsp3) is 0.333. The number of amides is 1. The van der Waals surface area contributed by atoms with Crippen LogP contribution >= 0.6 is 0 Å². The van der Waals surface area contributed by atoms with Crippen LogP contribution in [-0.4, -0.2) is 23.9 Å². The molecule has 2 aromatic rings. The van der Waals surface area contributed by atoms with Gasteiger partial charge in [0.15, 0.2) is 0 Å². The molecule has 1 saturated heterocycles. The molecule has 0 saturated carbocycles. The molecule has 1 fully saturated rings. The van der Waals surface area contributed by atoms with Crippen molar-refractivity contribution < 1.29 is 9.21 Å². The number of carbonyl (C=O) groups excluding carboxylic acids is 1. The van der Waals surface area contributed by atoms with Crippen LogP contribution in [0.2, 0.25) is 0 Å². The molecular formula is C18H19NO3. The molecule has 2 heterocycles. The zero-order valence-electron chi connectivity index (χ0n) is 12.5. The highest BCUT2D eigenvalue weighted by Gasteiger charge is 2.22. The summed E-state index contributed by atoms with van der Waals surface area (Å²) in [5.74, 6) is -0.218. The first kappa shape index (κ1) is 14.6. The van der Waals surface area contributed by atoms with Crippen LogP contribution in [-0.2, 0) is 6.42 Å². The van der Waals surface area contributed by atoms with Gasteiger partial charge in [0.1, 0.15) is 11.1 Å². The topological polar surface area (TPSA) is 50.5 Å². The lowest BCUT2D eigenvalue weighted by Crippen LogP contribution is -2.37. The molecule has 1 aromatic heterocycles. The van der Waals surface area contributed by atoms with Crippen LogP contribution in [0.1, 0.15) is 35.2 Å². The summed E-state index contributed by atoms with van der Waals surface area (Å²) in [5.41, 5.74) is 1.02. The third-order valence-electron chi connectivity index (χ3n) is 4.08. The molecule has 0 aliphatic carbocycles. The summed E-state index contributed by atoms with van der Waals surface area (Å²) in [6.45, 7) is 5.14. The van der Waals surface area contributed by atoms with E-state index < -0.39 is 5.63 Å². The van der Waals surface area contributed by atoms with Gasteiger partial charge in [-0.25, -0.2) is 4.79 Å². The lowest BCUT2D eigenvalue weighted by Gasteiger charge is -2.26. The quantitative estimate of drug-likeness (QED) is 0.646. The third kappa shape index (κ3) is 2.69. The lowest BCUT2D eigenvalue weighted by molar-refractivity contribution is 0.0720. The minimum atomic E-state index is -0.556. The van der Waals surface area contributed by atoms with Crippen molar-refractivity contribution in [1.29, 1.82) is 0 Å². The molecule has 1 aromatic carbocycles. The van der Waals surface area contributed by atoms with Crippen LogP contribution < -0.4 is 5.63 Å². The Kier molecular flexibility index (Phi) is 4.09. The summed E-state index contributed by atoms with van der Waals surface area (Å²) in [5, 5.41) is 0.777. The smallest absolute Gasteiger partial charge is 0.349 e. The van der Waals surface area contributed by atoms with E-state index in [-0.39, 0.29) is 11.5 Å². The summed E-state index contributed by atoms with van der Waals surface area (Å²) in [6.07, 6.45) is 5.52. The Morgan fingerprint density at radius 1 is 1.27 bits per heavy atom. The van der Waals surface area contributed by atoms with Crippen molar-refractivity contribution in [2.24, 2.45) is 0 Å². The minimum Gasteiger partial charge on any atom is -0.422 e. The predicted octanol–water partition coefficient (Wildman–Crippen LogP) is 3.15. The zero-order valence-corrected chi connectivity index (χ0v) is 12.5. The Labute approximate surface area is 129 Å². The average Bonchev–Trinajstić information content (AvgIpc) is 2.55. The second-order valence-corrected chi connectivity index (χ2v) is 5.63. The maximum atomic E-state index is 12.5. The Hall–Kier alpha value is -2.36.